The Labute approximate surface area is 73.1 Å². The highest BCUT2D eigenvalue weighted by Gasteiger charge is 2.01. The molecule has 0 aliphatic heterocycles. The summed E-state index contributed by atoms with van der Waals surface area (Å²) in [5, 5.41) is 1.75. The number of halogens is 2. The fourth-order valence-electron chi connectivity index (χ4n) is 0.987. The Morgan fingerprint density at radius 1 is 1.36 bits per heavy atom. The minimum atomic E-state index is 0.407. The van der Waals surface area contributed by atoms with E-state index in [1.807, 2.05) is 6.07 Å². The van der Waals surface area contributed by atoms with Gasteiger partial charge in [0, 0.05) is 11.6 Å². The number of aromatic nitrogens is 2. The molecule has 0 aromatic carbocycles. The van der Waals surface area contributed by atoms with Crippen molar-refractivity contribution in [1.29, 1.82) is 0 Å². The van der Waals surface area contributed by atoms with Gasteiger partial charge in [0.15, 0.2) is 0 Å². The first-order valence-electron chi connectivity index (χ1n) is 3.06. The Bertz CT molecular complexity index is 394. The van der Waals surface area contributed by atoms with E-state index >= 15 is 0 Å². The van der Waals surface area contributed by atoms with Gasteiger partial charge in [0.1, 0.15) is 10.3 Å². The SMILES string of the molecule is Clc1cc2[nH]ccc2c(Cl)n1. The van der Waals surface area contributed by atoms with Crippen molar-refractivity contribution in [2.45, 2.75) is 0 Å². The minimum absolute atomic E-state index is 0.407. The maximum absolute atomic E-state index is 5.79. The van der Waals surface area contributed by atoms with Crippen LogP contribution in [0, 0.1) is 0 Å². The summed E-state index contributed by atoms with van der Waals surface area (Å²) in [6.45, 7) is 0. The predicted molar refractivity (Wildman–Crippen MR) is 46.1 cm³/mol. The molecule has 0 atom stereocenters. The zero-order valence-corrected chi connectivity index (χ0v) is 6.95. The van der Waals surface area contributed by atoms with Gasteiger partial charge in [-0.3, -0.25) is 0 Å². The average molecular weight is 187 g/mol. The monoisotopic (exact) mass is 186 g/mol. The molecule has 0 saturated carbocycles. The third-order valence-corrected chi connectivity index (χ3v) is 1.95. The number of H-pyrrole nitrogens is 1. The van der Waals surface area contributed by atoms with Crippen LogP contribution in [0.25, 0.3) is 10.9 Å². The van der Waals surface area contributed by atoms with Gasteiger partial charge in [0.05, 0.1) is 5.52 Å². The Balaban J connectivity index is 2.91. The Morgan fingerprint density at radius 2 is 2.18 bits per heavy atom. The lowest BCUT2D eigenvalue weighted by atomic mass is 10.3. The highest BCUT2D eigenvalue weighted by Crippen LogP contribution is 2.22. The first-order valence-corrected chi connectivity index (χ1v) is 3.82. The number of nitrogens with one attached hydrogen (secondary N) is 1. The molecule has 2 aromatic heterocycles. The van der Waals surface area contributed by atoms with Crippen molar-refractivity contribution in [2.75, 3.05) is 0 Å². The third kappa shape index (κ3) is 1.08. The first-order chi connectivity index (χ1) is 5.27. The van der Waals surface area contributed by atoms with Crippen LogP contribution >= 0.6 is 23.2 Å². The molecular weight excluding hydrogens is 183 g/mol. The van der Waals surface area contributed by atoms with E-state index < -0.39 is 0 Å². The van der Waals surface area contributed by atoms with E-state index in [0.717, 1.165) is 10.9 Å². The number of nitrogens with zero attached hydrogens (tertiary/aromatic N) is 1. The smallest absolute Gasteiger partial charge is 0.140 e. The van der Waals surface area contributed by atoms with Crippen LogP contribution < -0.4 is 0 Å². The Morgan fingerprint density at radius 3 is 3.00 bits per heavy atom. The fourth-order valence-corrected chi connectivity index (χ4v) is 1.48. The zero-order valence-electron chi connectivity index (χ0n) is 5.44. The number of aromatic amines is 1. The van der Waals surface area contributed by atoms with Gasteiger partial charge >= 0.3 is 0 Å². The zero-order chi connectivity index (χ0) is 7.84. The van der Waals surface area contributed by atoms with Crippen LogP contribution in [0.5, 0.6) is 0 Å². The maximum Gasteiger partial charge on any atom is 0.140 e. The summed E-state index contributed by atoms with van der Waals surface area (Å²) >= 11 is 11.5. The summed E-state index contributed by atoms with van der Waals surface area (Å²) in [7, 11) is 0. The van der Waals surface area contributed by atoms with E-state index in [9.17, 15) is 0 Å². The van der Waals surface area contributed by atoms with Crippen LogP contribution in [0.4, 0.5) is 0 Å². The molecule has 2 aromatic rings. The van der Waals surface area contributed by atoms with Crippen molar-refractivity contribution in [2.24, 2.45) is 0 Å². The topological polar surface area (TPSA) is 28.7 Å². The summed E-state index contributed by atoms with van der Waals surface area (Å²) in [6, 6.07) is 3.60. The van der Waals surface area contributed by atoms with Gasteiger partial charge in [-0.25, -0.2) is 4.98 Å². The number of rotatable bonds is 0. The molecule has 0 spiro atoms. The molecule has 56 valence electrons. The van der Waals surface area contributed by atoms with Crippen LogP contribution in [0.15, 0.2) is 18.3 Å². The number of hydrogen-bond donors (Lipinski definition) is 1. The normalized spacial score (nSPS) is 10.7. The predicted octanol–water partition coefficient (Wildman–Crippen LogP) is 2.87. The van der Waals surface area contributed by atoms with Crippen LogP contribution in [0.2, 0.25) is 10.3 Å². The number of pyridine rings is 1. The molecule has 11 heavy (non-hydrogen) atoms. The van der Waals surface area contributed by atoms with Gasteiger partial charge in [-0.15, -0.1) is 0 Å². The standard InChI is InChI=1S/C7H4Cl2N2/c8-6-3-5-4(1-2-10-5)7(9)11-6/h1-3,10H. The average Bonchev–Trinajstić information content (AvgIpc) is 2.34. The summed E-state index contributed by atoms with van der Waals surface area (Å²) < 4.78 is 0. The molecule has 2 rings (SSSR count). The second-order valence-corrected chi connectivity index (χ2v) is 2.92. The largest absolute Gasteiger partial charge is 0.361 e. The van der Waals surface area contributed by atoms with E-state index in [4.69, 9.17) is 23.2 Å². The van der Waals surface area contributed by atoms with E-state index in [1.54, 1.807) is 12.3 Å². The van der Waals surface area contributed by atoms with Crippen molar-refractivity contribution in [3.63, 3.8) is 0 Å². The maximum atomic E-state index is 5.79. The van der Waals surface area contributed by atoms with Crippen molar-refractivity contribution in [3.8, 4) is 0 Å². The van der Waals surface area contributed by atoms with Gasteiger partial charge in [-0.05, 0) is 12.1 Å². The van der Waals surface area contributed by atoms with Gasteiger partial charge < -0.3 is 4.98 Å². The highest BCUT2D eigenvalue weighted by molar-refractivity contribution is 6.36. The summed E-state index contributed by atoms with van der Waals surface area (Å²) in [5.74, 6) is 0. The molecule has 1 N–H and O–H groups in total. The summed E-state index contributed by atoms with van der Waals surface area (Å²) in [4.78, 5) is 6.88. The molecule has 0 aliphatic carbocycles. The molecule has 0 aliphatic rings. The second kappa shape index (κ2) is 2.40. The second-order valence-electron chi connectivity index (χ2n) is 2.17. The lowest BCUT2D eigenvalue weighted by molar-refractivity contribution is 1.35. The molecule has 4 heteroatoms. The van der Waals surface area contributed by atoms with Crippen molar-refractivity contribution >= 4 is 34.1 Å². The van der Waals surface area contributed by atoms with Gasteiger partial charge in [-0.1, -0.05) is 23.2 Å². The molecule has 2 heterocycles. The van der Waals surface area contributed by atoms with E-state index in [0.29, 0.717) is 10.3 Å². The molecule has 0 amide bonds. The highest BCUT2D eigenvalue weighted by atomic mass is 35.5. The molecular formula is C7H4Cl2N2. The minimum Gasteiger partial charge on any atom is -0.361 e. The quantitative estimate of drug-likeness (QED) is 0.631. The summed E-state index contributed by atoms with van der Waals surface area (Å²) in [6.07, 6.45) is 1.80. The number of hydrogen-bond acceptors (Lipinski definition) is 1. The first kappa shape index (κ1) is 6.95. The molecule has 0 bridgehead atoms. The summed E-state index contributed by atoms with van der Waals surface area (Å²) in [5.41, 5.74) is 0.912. The Kier molecular flexibility index (Phi) is 1.51. The Hall–Kier alpha value is -0.730. The van der Waals surface area contributed by atoms with Gasteiger partial charge in [0.2, 0.25) is 0 Å². The van der Waals surface area contributed by atoms with Crippen LogP contribution in [-0.4, -0.2) is 9.97 Å². The van der Waals surface area contributed by atoms with Gasteiger partial charge in [-0.2, -0.15) is 0 Å². The van der Waals surface area contributed by atoms with Crippen molar-refractivity contribution in [1.82, 2.24) is 9.97 Å². The fraction of sp³-hybridized carbons (Fsp3) is 0. The van der Waals surface area contributed by atoms with Crippen LogP contribution in [0.1, 0.15) is 0 Å². The molecule has 0 radical (unpaired) electrons. The van der Waals surface area contributed by atoms with Crippen molar-refractivity contribution in [3.05, 3.63) is 28.6 Å². The molecule has 2 nitrogen and oxygen atoms in total. The molecule has 0 saturated heterocycles. The van der Waals surface area contributed by atoms with Crippen LogP contribution in [-0.2, 0) is 0 Å². The van der Waals surface area contributed by atoms with E-state index in [2.05, 4.69) is 9.97 Å². The number of fused-ring (bicyclic) bond motifs is 1. The lowest BCUT2D eigenvalue weighted by Gasteiger charge is -1.93. The van der Waals surface area contributed by atoms with Gasteiger partial charge in [0.25, 0.3) is 0 Å². The molecule has 0 unspecified atom stereocenters. The van der Waals surface area contributed by atoms with Crippen molar-refractivity contribution < 1.29 is 0 Å². The van der Waals surface area contributed by atoms with Crippen LogP contribution in [0.3, 0.4) is 0 Å². The third-order valence-electron chi connectivity index (χ3n) is 1.47. The molecule has 0 fully saturated rings. The van der Waals surface area contributed by atoms with E-state index in [1.165, 1.54) is 0 Å². The van der Waals surface area contributed by atoms with E-state index in [-0.39, 0.29) is 0 Å². The lowest BCUT2D eigenvalue weighted by Crippen LogP contribution is -1.77.